The molecule has 0 aliphatic carbocycles. The lowest BCUT2D eigenvalue weighted by molar-refractivity contribution is -0.370. The fraction of sp³-hybridized carbons (Fsp3) is 0.316. The number of phenolic OH excluding ortho intramolecular Hbond substituents is 1. The zero-order valence-corrected chi connectivity index (χ0v) is 13.9. The van der Waals surface area contributed by atoms with Crippen LogP contribution in [-0.2, 0) is 25.9 Å². The Morgan fingerprint density at radius 1 is 1.12 bits per heavy atom. The number of ketones is 1. The van der Waals surface area contributed by atoms with E-state index in [0.717, 1.165) is 5.56 Å². The van der Waals surface area contributed by atoms with E-state index in [1.165, 1.54) is 6.92 Å². The molecule has 6 heteroatoms. The number of phenols is 1. The first-order valence-corrected chi connectivity index (χ1v) is 8.03. The van der Waals surface area contributed by atoms with Crippen LogP contribution in [0.1, 0.15) is 34.7 Å². The van der Waals surface area contributed by atoms with Crippen LogP contribution in [0.3, 0.4) is 0 Å². The highest BCUT2D eigenvalue weighted by Gasteiger charge is 2.25. The average Bonchev–Trinajstić information content (AvgIpc) is 2.64. The van der Waals surface area contributed by atoms with Crippen LogP contribution in [-0.4, -0.2) is 30.2 Å². The minimum absolute atomic E-state index is 0.0194. The van der Waals surface area contributed by atoms with Crippen LogP contribution in [0.15, 0.2) is 48.5 Å². The van der Waals surface area contributed by atoms with E-state index in [-0.39, 0.29) is 29.8 Å². The molecule has 25 heavy (non-hydrogen) atoms. The first-order chi connectivity index (χ1) is 12.1. The summed E-state index contributed by atoms with van der Waals surface area (Å²) in [7, 11) is 0. The van der Waals surface area contributed by atoms with Gasteiger partial charge in [-0.2, -0.15) is 0 Å². The van der Waals surface area contributed by atoms with E-state index in [0.29, 0.717) is 18.8 Å². The molecule has 0 radical (unpaired) electrons. The second kappa shape index (κ2) is 8.22. The second-order valence-electron chi connectivity index (χ2n) is 5.76. The Kier molecular flexibility index (Phi) is 5.78. The van der Waals surface area contributed by atoms with Gasteiger partial charge in [0.25, 0.3) is 0 Å². The lowest BCUT2D eigenvalue weighted by atomic mass is 10.1. The van der Waals surface area contributed by atoms with Crippen molar-refractivity contribution in [1.29, 1.82) is 0 Å². The first-order valence-electron chi connectivity index (χ1n) is 8.03. The highest BCUT2D eigenvalue weighted by atomic mass is 17.2. The second-order valence-corrected chi connectivity index (χ2v) is 5.76. The highest BCUT2D eigenvalue weighted by Crippen LogP contribution is 2.25. The Bertz CT molecular complexity index is 707. The van der Waals surface area contributed by atoms with Gasteiger partial charge in [0, 0.05) is 11.1 Å². The molecular formula is C19H20O6. The van der Waals surface area contributed by atoms with Crippen LogP contribution in [0.4, 0.5) is 0 Å². The van der Waals surface area contributed by atoms with E-state index in [4.69, 9.17) is 19.2 Å². The van der Waals surface area contributed by atoms with Crippen molar-refractivity contribution in [3.8, 4) is 5.75 Å². The Morgan fingerprint density at radius 2 is 1.84 bits per heavy atom. The molecule has 0 atom stereocenters. The lowest BCUT2D eigenvalue weighted by Gasteiger charge is -2.28. The number of ether oxygens (including phenoxy) is 2. The molecule has 0 spiro atoms. The normalized spacial score (nSPS) is 20.4. The fourth-order valence-corrected chi connectivity index (χ4v) is 2.53. The number of hydrogen-bond acceptors (Lipinski definition) is 6. The van der Waals surface area contributed by atoms with Crippen LogP contribution in [0.5, 0.6) is 5.75 Å². The number of benzene rings is 2. The molecule has 0 unspecified atom stereocenters. The van der Waals surface area contributed by atoms with Gasteiger partial charge in [-0.15, -0.1) is 0 Å². The molecular weight excluding hydrogens is 324 g/mol. The van der Waals surface area contributed by atoms with E-state index in [2.05, 4.69) is 0 Å². The first kappa shape index (κ1) is 17.6. The molecule has 1 aliphatic rings. The Balaban J connectivity index is 1.46. The minimum atomic E-state index is -0.405. The van der Waals surface area contributed by atoms with Crippen LogP contribution < -0.4 is 0 Å². The minimum Gasteiger partial charge on any atom is -0.507 e. The van der Waals surface area contributed by atoms with Crippen molar-refractivity contribution in [1.82, 2.24) is 0 Å². The summed E-state index contributed by atoms with van der Waals surface area (Å²) < 4.78 is 11.3. The topological polar surface area (TPSA) is 74.2 Å². The summed E-state index contributed by atoms with van der Waals surface area (Å²) in [5.74, 6) is -0.291. The van der Waals surface area contributed by atoms with Gasteiger partial charge in [0.1, 0.15) is 18.5 Å². The predicted octanol–water partition coefficient (Wildman–Crippen LogP) is 3.16. The van der Waals surface area contributed by atoms with E-state index in [1.807, 2.05) is 30.3 Å². The molecule has 1 saturated heterocycles. The zero-order valence-electron chi connectivity index (χ0n) is 13.9. The quantitative estimate of drug-likeness (QED) is 0.493. The van der Waals surface area contributed by atoms with Crippen molar-refractivity contribution >= 4 is 5.78 Å². The third kappa shape index (κ3) is 4.43. The SMILES string of the molecule is CC(=O)c1cccc(COOC2COC(c3ccccc3)OC2)c1O. The van der Waals surface area contributed by atoms with Gasteiger partial charge in [0.05, 0.1) is 18.8 Å². The van der Waals surface area contributed by atoms with Crippen LogP contribution in [0.2, 0.25) is 0 Å². The van der Waals surface area contributed by atoms with Gasteiger partial charge >= 0.3 is 0 Å². The summed E-state index contributed by atoms with van der Waals surface area (Å²) in [6.07, 6.45) is -0.768. The van der Waals surface area contributed by atoms with Gasteiger partial charge in [0.15, 0.2) is 12.1 Å². The zero-order chi connectivity index (χ0) is 17.6. The van der Waals surface area contributed by atoms with Crippen molar-refractivity contribution in [3.05, 3.63) is 65.2 Å². The summed E-state index contributed by atoms with van der Waals surface area (Å²) >= 11 is 0. The molecule has 1 N–H and O–H groups in total. The number of carbonyl (C=O) groups is 1. The molecule has 0 saturated carbocycles. The monoisotopic (exact) mass is 344 g/mol. The van der Waals surface area contributed by atoms with Gasteiger partial charge < -0.3 is 14.6 Å². The number of rotatable bonds is 6. The summed E-state index contributed by atoms with van der Waals surface area (Å²) in [5, 5.41) is 10.1. The molecule has 1 heterocycles. The Labute approximate surface area is 145 Å². The van der Waals surface area contributed by atoms with Gasteiger partial charge in [0.2, 0.25) is 0 Å². The van der Waals surface area contributed by atoms with Crippen LogP contribution >= 0.6 is 0 Å². The molecule has 2 aromatic carbocycles. The van der Waals surface area contributed by atoms with Crippen molar-refractivity contribution < 1.29 is 29.1 Å². The van der Waals surface area contributed by atoms with Gasteiger partial charge in [-0.25, -0.2) is 9.78 Å². The van der Waals surface area contributed by atoms with Crippen LogP contribution in [0, 0.1) is 0 Å². The van der Waals surface area contributed by atoms with Gasteiger partial charge in [-0.3, -0.25) is 4.79 Å². The molecule has 132 valence electrons. The summed E-state index contributed by atoms with van der Waals surface area (Å²) in [5.41, 5.74) is 1.69. The highest BCUT2D eigenvalue weighted by molar-refractivity contribution is 5.97. The van der Waals surface area contributed by atoms with E-state index in [9.17, 15) is 9.90 Å². The summed E-state index contributed by atoms with van der Waals surface area (Å²) in [4.78, 5) is 21.9. The van der Waals surface area contributed by atoms with E-state index < -0.39 is 6.29 Å². The molecule has 3 rings (SSSR count). The van der Waals surface area contributed by atoms with Gasteiger partial charge in [-0.1, -0.05) is 42.5 Å². The van der Waals surface area contributed by atoms with Crippen molar-refractivity contribution in [2.24, 2.45) is 0 Å². The Hall–Kier alpha value is -2.25. The maximum absolute atomic E-state index is 11.4. The fourth-order valence-electron chi connectivity index (χ4n) is 2.53. The molecule has 0 amide bonds. The van der Waals surface area contributed by atoms with Crippen molar-refractivity contribution in [2.45, 2.75) is 25.9 Å². The number of aromatic hydroxyl groups is 1. The summed E-state index contributed by atoms with van der Waals surface area (Å²) in [6.45, 7) is 2.08. The lowest BCUT2D eigenvalue weighted by Crippen LogP contribution is -2.33. The number of carbonyl (C=O) groups excluding carboxylic acids is 1. The third-order valence-corrected chi connectivity index (χ3v) is 3.86. The van der Waals surface area contributed by atoms with Crippen LogP contribution in [0.25, 0.3) is 0 Å². The average molecular weight is 344 g/mol. The summed E-state index contributed by atoms with van der Waals surface area (Å²) in [6, 6.07) is 14.6. The smallest absolute Gasteiger partial charge is 0.184 e. The Morgan fingerprint density at radius 3 is 2.52 bits per heavy atom. The number of para-hydroxylation sites is 1. The molecule has 1 aliphatic heterocycles. The van der Waals surface area contributed by atoms with Crippen molar-refractivity contribution in [3.63, 3.8) is 0 Å². The number of Topliss-reactive ketones (excluding diaryl/α,β-unsaturated/α-hetero) is 1. The third-order valence-electron chi connectivity index (χ3n) is 3.86. The van der Waals surface area contributed by atoms with E-state index in [1.54, 1.807) is 18.2 Å². The maximum atomic E-state index is 11.4. The maximum Gasteiger partial charge on any atom is 0.184 e. The number of hydrogen-bond donors (Lipinski definition) is 1. The predicted molar refractivity (Wildman–Crippen MR) is 88.9 cm³/mol. The standard InChI is InChI=1S/C19H20O6/c1-13(20)17-9-5-8-15(18(17)21)10-24-25-16-11-22-19(23-12-16)14-6-3-2-4-7-14/h2-9,16,19,21H,10-12H2,1H3. The van der Waals surface area contributed by atoms with Gasteiger partial charge in [-0.05, 0) is 13.0 Å². The molecule has 0 aromatic heterocycles. The largest absolute Gasteiger partial charge is 0.507 e. The molecule has 2 aromatic rings. The van der Waals surface area contributed by atoms with Crippen molar-refractivity contribution in [2.75, 3.05) is 13.2 Å². The molecule has 1 fully saturated rings. The molecule has 0 bridgehead atoms. The molecule has 6 nitrogen and oxygen atoms in total. The van der Waals surface area contributed by atoms with E-state index >= 15 is 0 Å².